The van der Waals surface area contributed by atoms with E-state index in [-0.39, 0.29) is 15.7 Å². The quantitative estimate of drug-likeness (QED) is 0.837. The van der Waals surface area contributed by atoms with E-state index in [4.69, 9.17) is 11.6 Å². The van der Waals surface area contributed by atoms with Crippen LogP contribution in [-0.4, -0.2) is 25.4 Å². The lowest BCUT2D eigenvalue weighted by Crippen LogP contribution is -2.14. The number of hydrogen-bond donors (Lipinski definition) is 2. The van der Waals surface area contributed by atoms with Crippen molar-refractivity contribution in [3.63, 3.8) is 0 Å². The SMILES string of the molecule is CNc1ncc(S(=O)(=O)Nc2ccc(Br)c(C)n2)cc1Cl. The Morgan fingerprint density at radius 1 is 1.33 bits per heavy atom. The van der Waals surface area contributed by atoms with E-state index in [1.165, 1.54) is 12.3 Å². The summed E-state index contributed by atoms with van der Waals surface area (Å²) in [5.74, 6) is 0.637. The van der Waals surface area contributed by atoms with Crippen LogP contribution >= 0.6 is 27.5 Å². The lowest BCUT2D eigenvalue weighted by atomic mass is 10.4. The van der Waals surface area contributed by atoms with Crippen LogP contribution < -0.4 is 10.0 Å². The average Bonchev–Trinajstić information content (AvgIpc) is 2.42. The van der Waals surface area contributed by atoms with Gasteiger partial charge in [-0.3, -0.25) is 4.72 Å². The minimum absolute atomic E-state index is 0.0335. The molecule has 0 aliphatic rings. The van der Waals surface area contributed by atoms with Crippen molar-refractivity contribution in [2.24, 2.45) is 0 Å². The second kappa shape index (κ2) is 6.17. The van der Waals surface area contributed by atoms with Crippen LogP contribution in [0.25, 0.3) is 0 Å². The lowest BCUT2D eigenvalue weighted by molar-refractivity contribution is 0.600. The van der Waals surface area contributed by atoms with Crippen LogP contribution in [-0.2, 0) is 10.0 Å². The predicted octanol–water partition coefficient (Wildman–Crippen LogP) is 3.04. The summed E-state index contributed by atoms with van der Waals surface area (Å²) < 4.78 is 27.7. The van der Waals surface area contributed by atoms with Gasteiger partial charge in [-0.15, -0.1) is 0 Å². The molecule has 0 spiro atoms. The average molecular weight is 392 g/mol. The maximum absolute atomic E-state index is 12.3. The smallest absolute Gasteiger partial charge is 0.264 e. The first-order valence-electron chi connectivity index (χ1n) is 5.83. The number of pyridine rings is 2. The number of hydrogen-bond acceptors (Lipinski definition) is 5. The summed E-state index contributed by atoms with van der Waals surface area (Å²) >= 11 is 9.25. The van der Waals surface area contributed by atoms with Gasteiger partial charge in [-0.2, -0.15) is 0 Å². The van der Waals surface area contributed by atoms with Crippen molar-refractivity contribution in [1.29, 1.82) is 0 Å². The maximum atomic E-state index is 12.3. The molecular weight excluding hydrogens is 380 g/mol. The molecule has 0 atom stereocenters. The molecule has 6 nitrogen and oxygen atoms in total. The van der Waals surface area contributed by atoms with Gasteiger partial charge in [0.25, 0.3) is 10.0 Å². The summed E-state index contributed by atoms with van der Waals surface area (Å²) in [5, 5.41) is 2.98. The highest BCUT2D eigenvalue weighted by molar-refractivity contribution is 9.10. The van der Waals surface area contributed by atoms with E-state index in [2.05, 4.69) is 35.9 Å². The minimum atomic E-state index is -3.79. The van der Waals surface area contributed by atoms with Gasteiger partial charge in [0.1, 0.15) is 16.5 Å². The molecular formula is C12H12BrClN4O2S. The summed E-state index contributed by atoms with van der Waals surface area (Å²) in [6, 6.07) is 4.61. The minimum Gasteiger partial charge on any atom is -0.372 e. The molecule has 0 radical (unpaired) electrons. The molecule has 2 aromatic rings. The maximum Gasteiger partial charge on any atom is 0.264 e. The number of halogens is 2. The zero-order valence-corrected chi connectivity index (χ0v) is 14.3. The topological polar surface area (TPSA) is 84.0 Å². The third-order valence-corrected chi connectivity index (χ3v) is 5.07. The summed E-state index contributed by atoms with van der Waals surface area (Å²) in [6.45, 7) is 1.77. The van der Waals surface area contributed by atoms with E-state index in [1.807, 2.05) is 0 Å². The Morgan fingerprint density at radius 2 is 2.05 bits per heavy atom. The third kappa shape index (κ3) is 3.63. The fourth-order valence-corrected chi connectivity index (χ4v) is 3.07. The van der Waals surface area contributed by atoms with Crippen LogP contribution in [0.1, 0.15) is 5.69 Å². The number of nitrogens with one attached hydrogen (secondary N) is 2. The Labute approximate surface area is 136 Å². The molecule has 0 saturated carbocycles. The molecule has 21 heavy (non-hydrogen) atoms. The molecule has 0 amide bonds. The summed E-state index contributed by atoms with van der Waals surface area (Å²) in [6.07, 6.45) is 1.23. The van der Waals surface area contributed by atoms with Gasteiger partial charge >= 0.3 is 0 Å². The van der Waals surface area contributed by atoms with Crippen molar-refractivity contribution in [2.45, 2.75) is 11.8 Å². The van der Waals surface area contributed by atoms with Crippen molar-refractivity contribution in [1.82, 2.24) is 9.97 Å². The van der Waals surface area contributed by atoms with Gasteiger partial charge in [-0.25, -0.2) is 18.4 Å². The van der Waals surface area contributed by atoms with Gasteiger partial charge in [0.2, 0.25) is 0 Å². The Morgan fingerprint density at radius 3 is 2.62 bits per heavy atom. The third-order valence-electron chi connectivity index (χ3n) is 2.62. The molecule has 2 rings (SSSR count). The fourth-order valence-electron chi connectivity index (χ4n) is 1.55. The van der Waals surface area contributed by atoms with Crippen molar-refractivity contribution in [3.05, 3.63) is 39.6 Å². The summed E-state index contributed by atoms with van der Waals surface area (Å²) in [5.41, 5.74) is 0.678. The van der Waals surface area contributed by atoms with Gasteiger partial charge in [0, 0.05) is 17.7 Å². The molecule has 2 heterocycles. The van der Waals surface area contributed by atoms with Gasteiger partial charge in [0.05, 0.1) is 10.7 Å². The van der Waals surface area contributed by atoms with Crippen LogP contribution in [0.3, 0.4) is 0 Å². The monoisotopic (exact) mass is 390 g/mol. The largest absolute Gasteiger partial charge is 0.372 e. The first kappa shape index (κ1) is 16.0. The fraction of sp³-hybridized carbons (Fsp3) is 0.167. The van der Waals surface area contributed by atoms with Crippen LogP contribution in [0.4, 0.5) is 11.6 Å². The molecule has 112 valence electrons. The molecule has 0 unspecified atom stereocenters. The summed E-state index contributed by atoms with van der Waals surface area (Å²) in [4.78, 5) is 8.05. The molecule has 0 bridgehead atoms. The highest BCUT2D eigenvalue weighted by atomic mass is 79.9. The van der Waals surface area contributed by atoms with E-state index in [0.717, 1.165) is 4.47 Å². The number of aryl methyl sites for hydroxylation is 1. The molecule has 9 heteroatoms. The van der Waals surface area contributed by atoms with Crippen molar-refractivity contribution < 1.29 is 8.42 Å². The molecule has 0 aliphatic heterocycles. The van der Waals surface area contributed by atoms with Gasteiger partial charge in [0.15, 0.2) is 0 Å². The van der Waals surface area contributed by atoms with E-state index in [9.17, 15) is 8.42 Å². The predicted molar refractivity (Wildman–Crippen MR) is 86.3 cm³/mol. The van der Waals surface area contributed by atoms with E-state index in [1.54, 1.807) is 26.1 Å². The number of sulfonamides is 1. The van der Waals surface area contributed by atoms with Crippen molar-refractivity contribution in [2.75, 3.05) is 17.1 Å². The Balaban J connectivity index is 2.33. The highest BCUT2D eigenvalue weighted by Crippen LogP contribution is 2.24. The first-order chi connectivity index (χ1) is 9.83. The normalized spacial score (nSPS) is 11.2. The van der Waals surface area contributed by atoms with E-state index < -0.39 is 10.0 Å². The van der Waals surface area contributed by atoms with E-state index in [0.29, 0.717) is 11.5 Å². The van der Waals surface area contributed by atoms with Crippen LogP contribution in [0, 0.1) is 6.92 Å². The van der Waals surface area contributed by atoms with Crippen molar-refractivity contribution in [3.8, 4) is 0 Å². The second-order valence-electron chi connectivity index (χ2n) is 4.12. The number of anilines is 2. The van der Waals surface area contributed by atoms with Crippen LogP contribution in [0.15, 0.2) is 33.8 Å². The van der Waals surface area contributed by atoms with Crippen LogP contribution in [0.2, 0.25) is 5.02 Å². The van der Waals surface area contributed by atoms with Crippen molar-refractivity contribution >= 4 is 49.2 Å². The first-order valence-corrected chi connectivity index (χ1v) is 8.48. The Bertz CT molecular complexity index is 783. The molecule has 0 fully saturated rings. The highest BCUT2D eigenvalue weighted by Gasteiger charge is 2.17. The molecule has 0 aliphatic carbocycles. The molecule has 0 aromatic carbocycles. The number of aromatic nitrogens is 2. The number of nitrogens with zero attached hydrogens (tertiary/aromatic N) is 2. The van der Waals surface area contributed by atoms with Gasteiger partial charge < -0.3 is 5.32 Å². The van der Waals surface area contributed by atoms with E-state index >= 15 is 0 Å². The Hall–Kier alpha value is -1.38. The van der Waals surface area contributed by atoms with Gasteiger partial charge in [-0.05, 0) is 41.1 Å². The molecule has 2 N–H and O–H groups in total. The Kier molecular flexibility index (Phi) is 4.70. The second-order valence-corrected chi connectivity index (χ2v) is 7.06. The molecule has 0 saturated heterocycles. The number of rotatable bonds is 4. The summed E-state index contributed by atoms with van der Waals surface area (Å²) in [7, 11) is -2.14. The van der Waals surface area contributed by atoms with Crippen LogP contribution in [0.5, 0.6) is 0 Å². The molecule has 2 aromatic heterocycles. The standard InChI is InChI=1S/C12H12BrClN4O2S/c1-7-9(13)3-4-11(17-7)18-21(19,20)8-5-10(14)12(15-2)16-6-8/h3-6H,1-2H3,(H,15,16)(H,17,18). The zero-order chi connectivity index (χ0) is 15.6. The van der Waals surface area contributed by atoms with Gasteiger partial charge in [-0.1, -0.05) is 11.6 Å². The lowest BCUT2D eigenvalue weighted by Gasteiger charge is -2.09. The zero-order valence-electron chi connectivity index (χ0n) is 11.2.